The molecule has 1 nitrogen and oxygen atoms in total. The van der Waals surface area contributed by atoms with Gasteiger partial charge in [-0.05, 0) is 175 Å². The minimum absolute atomic E-state index is 0.0809. The van der Waals surface area contributed by atoms with Gasteiger partial charge < -0.3 is 4.90 Å². The molecule has 0 saturated heterocycles. The SMILES string of the molecule is CC1(C)c2ccccc2-c2cccc(-c3ccccc3N(c3ccc(-c4cc5ccccc5c5ccccc45)cc3)c3ccc4c(c3)C3(c5ccccc5-4)C4CC5CC(C4)CC3C5)c21. The zero-order valence-corrected chi connectivity index (χ0v) is 36.7. The summed E-state index contributed by atoms with van der Waals surface area (Å²) in [6.07, 6.45) is 6.96. The molecule has 0 radical (unpaired) electrons. The minimum atomic E-state index is -0.143. The molecule has 9 aromatic rings. The molecular formula is C63H51N. The number of fused-ring (bicyclic) bond motifs is 9. The van der Waals surface area contributed by atoms with E-state index >= 15 is 0 Å². The van der Waals surface area contributed by atoms with Gasteiger partial charge in [0, 0.05) is 27.8 Å². The molecule has 6 aliphatic rings. The summed E-state index contributed by atoms with van der Waals surface area (Å²) in [5.41, 5.74) is 20.3. The van der Waals surface area contributed by atoms with Crippen LogP contribution in [-0.4, -0.2) is 0 Å². The summed E-state index contributed by atoms with van der Waals surface area (Å²) in [7, 11) is 0. The van der Waals surface area contributed by atoms with Crippen LogP contribution < -0.4 is 4.90 Å². The van der Waals surface area contributed by atoms with E-state index in [1.54, 1.807) is 11.1 Å². The normalized spacial score (nSPS) is 22.7. The Hall–Kier alpha value is -6.70. The minimum Gasteiger partial charge on any atom is -0.310 e. The molecule has 15 rings (SSSR count). The lowest BCUT2D eigenvalue weighted by atomic mass is 9.43. The molecule has 4 bridgehead atoms. The summed E-state index contributed by atoms with van der Waals surface area (Å²) in [6, 6.07) is 72.0. The van der Waals surface area contributed by atoms with Crippen molar-refractivity contribution in [3.8, 4) is 44.5 Å². The zero-order valence-electron chi connectivity index (χ0n) is 36.7. The maximum atomic E-state index is 2.66. The first kappa shape index (κ1) is 36.8. The maximum Gasteiger partial charge on any atom is 0.0540 e. The van der Waals surface area contributed by atoms with E-state index in [9.17, 15) is 0 Å². The van der Waals surface area contributed by atoms with Crippen LogP contribution in [0, 0.1) is 23.7 Å². The molecule has 0 heterocycles. The summed E-state index contributed by atoms with van der Waals surface area (Å²) in [6.45, 7) is 4.83. The number of hydrogen-bond acceptors (Lipinski definition) is 1. The standard InChI is InChI=1S/C63H51N/c1-62(2)57-23-10-7-19-51(57)54-21-13-22-55(61(54)62)53-20-9-12-25-60(53)64(45-28-26-41(27-29-45)56-37-42-14-3-4-15-47(42)48-16-5-6-17-49(48)56)46-30-31-52-50-18-8-11-24-58(50)63(59(52)38-46)43-33-39-32-40(35-43)36-44(63)34-39/h3-31,37-40,43-44H,32-36H2,1-2H3. The quantitative estimate of drug-likeness (QED) is 0.156. The molecule has 0 N–H and O–H groups in total. The van der Waals surface area contributed by atoms with Gasteiger partial charge in [0.05, 0.1) is 5.69 Å². The van der Waals surface area contributed by atoms with Crippen molar-refractivity contribution in [3.05, 3.63) is 210 Å². The van der Waals surface area contributed by atoms with Crippen LogP contribution in [0.5, 0.6) is 0 Å². The van der Waals surface area contributed by atoms with Gasteiger partial charge in [-0.15, -0.1) is 0 Å². The van der Waals surface area contributed by atoms with E-state index < -0.39 is 0 Å². The van der Waals surface area contributed by atoms with Gasteiger partial charge in [0.1, 0.15) is 0 Å². The van der Waals surface area contributed by atoms with Crippen LogP contribution in [0.4, 0.5) is 17.1 Å². The Morgan fingerprint density at radius 1 is 0.391 bits per heavy atom. The molecule has 4 saturated carbocycles. The topological polar surface area (TPSA) is 3.24 Å². The third-order valence-corrected chi connectivity index (χ3v) is 17.0. The summed E-state index contributed by atoms with van der Waals surface area (Å²) in [5.74, 6) is 3.21. The van der Waals surface area contributed by atoms with Crippen molar-refractivity contribution in [2.45, 2.75) is 56.8 Å². The lowest BCUT2D eigenvalue weighted by Crippen LogP contribution is -2.55. The van der Waals surface area contributed by atoms with Gasteiger partial charge in [0.15, 0.2) is 0 Å². The van der Waals surface area contributed by atoms with Gasteiger partial charge in [-0.1, -0.05) is 166 Å². The monoisotopic (exact) mass is 821 g/mol. The first-order valence-corrected chi connectivity index (χ1v) is 23.8. The van der Waals surface area contributed by atoms with Gasteiger partial charge in [-0.3, -0.25) is 0 Å². The number of para-hydroxylation sites is 1. The third-order valence-electron chi connectivity index (χ3n) is 17.0. The van der Waals surface area contributed by atoms with E-state index in [-0.39, 0.29) is 10.8 Å². The molecule has 6 aliphatic carbocycles. The highest BCUT2D eigenvalue weighted by Crippen LogP contribution is 2.70. The Morgan fingerprint density at radius 3 is 1.69 bits per heavy atom. The van der Waals surface area contributed by atoms with Crippen molar-refractivity contribution in [1.29, 1.82) is 0 Å². The highest BCUT2D eigenvalue weighted by molar-refractivity contribution is 6.13. The molecule has 0 aromatic heterocycles. The van der Waals surface area contributed by atoms with Crippen LogP contribution >= 0.6 is 0 Å². The Bertz CT molecular complexity index is 3360. The summed E-state index contributed by atoms with van der Waals surface area (Å²) >= 11 is 0. The van der Waals surface area contributed by atoms with Crippen molar-refractivity contribution in [2.75, 3.05) is 4.90 Å². The highest BCUT2D eigenvalue weighted by atomic mass is 15.1. The van der Waals surface area contributed by atoms with Crippen molar-refractivity contribution in [1.82, 2.24) is 0 Å². The van der Waals surface area contributed by atoms with Crippen molar-refractivity contribution < 1.29 is 0 Å². The highest BCUT2D eigenvalue weighted by Gasteiger charge is 2.61. The average Bonchev–Trinajstić information content (AvgIpc) is 3.76. The van der Waals surface area contributed by atoms with E-state index in [2.05, 4.69) is 207 Å². The summed E-state index contributed by atoms with van der Waals surface area (Å²) < 4.78 is 0. The van der Waals surface area contributed by atoms with Crippen molar-refractivity contribution in [2.24, 2.45) is 23.7 Å². The van der Waals surface area contributed by atoms with Gasteiger partial charge in [-0.25, -0.2) is 0 Å². The van der Waals surface area contributed by atoms with Gasteiger partial charge in [0.2, 0.25) is 0 Å². The molecule has 9 aromatic carbocycles. The molecule has 64 heavy (non-hydrogen) atoms. The lowest BCUT2D eigenvalue weighted by molar-refractivity contribution is -0.0399. The maximum absolute atomic E-state index is 2.66. The molecule has 4 fully saturated rings. The predicted molar refractivity (Wildman–Crippen MR) is 268 cm³/mol. The molecule has 0 amide bonds. The van der Waals surface area contributed by atoms with Gasteiger partial charge in [-0.2, -0.15) is 0 Å². The number of nitrogens with zero attached hydrogens (tertiary/aromatic N) is 1. The number of rotatable bonds is 5. The van der Waals surface area contributed by atoms with Crippen LogP contribution in [0.3, 0.4) is 0 Å². The van der Waals surface area contributed by atoms with Gasteiger partial charge in [0.25, 0.3) is 0 Å². The van der Waals surface area contributed by atoms with Crippen LogP contribution in [0.25, 0.3) is 66.1 Å². The molecule has 0 aliphatic heterocycles. The van der Waals surface area contributed by atoms with E-state index in [1.165, 1.54) is 126 Å². The number of hydrogen-bond donors (Lipinski definition) is 0. The van der Waals surface area contributed by atoms with Crippen LogP contribution in [-0.2, 0) is 10.8 Å². The van der Waals surface area contributed by atoms with Crippen LogP contribution in [0.15, 0.2) is 188 Å². The van der Waals surface area contributed by atoms with E-state index in [1.807, 2.05) is 0 Å². The fourth-order valence-electron chi connectivity index (χ4n) is 14.8. The summed E-state index contributed by atoms with van der Waals surface area (Å²) in [5, 5.41) is 5.16. The molecule has 1 spiro atoms. The Labute approximate surface area is 377 Å². The largest absolute Gasteiger partial charge is 0.310 e. The fraction of sp³-hybridized carbons (Fsp3) is 0.206. The first-order chi connectivity index (χ1) is 31.5. The second-order valence-corrected chi connectivity index (χ2v) is 20.4. The molecule has 0 unspecified atom stereocenters. The lowest BCUT2D eigenvalue weighted by Gasteiger charge is -2.61. The first-order valence-electron chi connectivity index (χ1n) is 23.8. The predicted octanol–water partition coefficient (Wildman–Crippen LogP) is 16.8. The summed E-state index contributed by atoms with van der Waals surface area (Å²) in [4.78, 5) is 2.60. The third kappa shape index (κ3) is 4.96. The Morgan fingerprint density at radius 2 is 0.938 bits per heavy atom. The Balaban J connectivity index is 0.984. The molecule has 1 heteroatoms. The van der Waals surface area contributed by atoms with Crippen molar-refractivity contribution >= 4 is 38.6 Å². The van der Waals surface area contributed by atoms with Crippen molar-refractivity contribution in [3.63, 3.8) is 0 Å². The number of benzene rings is 9. The van der Waals surface area contributed by atoms with E-state index in [0.29, 0.717) is 11.8 Å². The van der Waals surface area contributed by atoms with E-state index in [0.717, 1.165) is 11.8 Å². The number of anilines is 3. The smallest absolute Gasteiger partial charge is 0.0540 e. The van der Waals surface area contributed by atoms with Crippen LogP contribution in [0.2, 0.25) is 0 Å². The molecule has 0 atom stereocenters. The van der Waals surface area contributed by atoms with Gasteiger partial charge >= 0.3 is 0 Å². The van der Waals surface area contributed by atoms with E-state index in [4.69, 9.17) is 0 Å². The Kier molecular flexibility index (Phi) is 7.70. The average molecular weight is 822 g/mol. The fourth-order valence-corrected chi connectivity index (χ4v) is 14.8. The molecular weight excluding hydrogens is 771 g/mol. The second-order valence-electron chi connectivity index (χ2n) is 20.4. The second kappa shape index (κ2) is 13.4. The zero-order chi connectivity index (χ0) is 42.3. The molecule has 308 valence electrons. The van der Waals surface area contributed by atoms with Crippen LogP contribution in [0.1, 0.15) is 68.2 Å².